The Balaban J connectivity index is 1.90. The van der Waals surface area contributed by atoms with Crippen molar-refractivity contribution < 1.29 is 27.2 Å². The molecule has 0 atom stereocenters. The number of rotatable bonds is 4. The minimum atomic E-state index is -4.94. The number of benzene rings is 1. The number of nitrogens with one attached hydrogen (secondary N) is 2. The van der Waals surface area contributed by atoms with Gasteiger partial charge in [0, 0.05) is 12.2 Å². The van der Waals surface area contributed by atoms with Crippen LogP contribution >= 0.6 is 0 Å². The van der Waals surface area contributed by atoms with Gasteiger partial charge in [0.05, 0.1) is 0 Å². The Bertz CT molecular complexity index is 706. The number of amides is 2. The summed E-state index contributed by atoms with van der Waals surface area (Å²) < 4.78 is 41.5. The summed E-state index contributed by atoms with van der Waals surface area (Å²) in [6, 6.07) is 8.84. The number of alkyl halides is 3. The molecule has 1 aromatic heterocycles. The fourth-order valence-electron chi connectivity index (χ4n) is 1.73. The largest absolute Gasteiger partial charge is 0.471 e. The molecule has 0 aliphatic heterocycles. The van der Waals surface area contributed by atoms with Crippen LogP contribution in [0.1, 0.15) is 21.9 Å². The Labute approximate surface area is 129 Å². The average molecular weight is 326 g/mol. The van der Waals surface area contributed by atoms with Gasteiger partial charge in [0.2, 0.25) is 0 Å². The molecule has 0 aliphatic carbocycles. The second kappa shape index (κ2) is 6.55. The van der Waals surface area contributed by atoms with Crippen molar-refractivity contribution in [2.24, 2.45) is 0 Å². The average Bonchev–Trinajstić information content (AvgIpc) is 2.92. The zero-order chi connectivity index (χ0) is 17.0. The topological polar surface area (TPSA) is 71.3 Å². The highest BCUT2D eigenvalue weighted by atomic mass is 19.4. The van der Waals surface area contributed by atoms with E-state index in [9.17, 15) is 22.8 Å². The molecule has 122 valence electrons. The standard InChI is InChI=1S/C15H13F3N2O3/c1-9-2-7-12(23-9)13(21)19-8-10-3-5-11(6-4-10)20-14(22)15(16,17)18/h2-7H,8H2,1H3,(H,19,21)(H,20,22). The lowest BCUT2D eigenvalue weighted by atomic mass is 10.2. The smallest absolute Gasteiger partial charge is 0.456 e. The van der Waals surface area contributed by atoms with E-state index in [0.717, 1.165) is 0 Å². The van der Waals surface area contributed by atoms with Gasteiger partial charge in [0.15, 0.2) is 5.76 Å². The fraction of sp³-hybridized carbons (Fsp3) is 0.200. The second-order valence-corrected chi connectivity index (χ2v) is 4.74. The highest BCUT2D eigenvalue weighted by molar-refractivity contribution is 5.95. The van der Waals surface area contributed by atoms with Crippen molar-refractivity contribution in [3.05, 3.63) is 53.5 Å². The predicted octanol–water partition coefficient (Wildman–Crippen LogP) is 3.02. The van der Waals surface area contributed by atoms with Crippen molar-refractivity contribution in [3.8, 4) is 0 Å². The molecule has 2 rings (SSSR count). The van der Waals surface area contributed by atoms with Crippen LogP contribution in [0.4, 0.5) is 18.9 Å². The monoisotopic (exact) mass is 326 g/mol. The van der Waals surface area contributed by atoms with Crippen LogP contribution in [0.5, 0.6) is 0 Å². The number of halogens is 3. The van der Waals surface area contributed by atoms with Crippen LogP contribution < -0.4 is 10.6 Å². The summed E-state index contributed by atoms with van der Waals surface area (Å²) in [5.41, 5.74) is 0.677. The maximum atomic E-state index is 12.1. The van der Waals surface area contributed by atoms with Gasteiger partial charge in [-0.3, -0.25) is 9.59 Å². The summed E-state index contributed by atoms with van der Waals surface area (Å²) in [7, 11) is 0. The fourth-order valence-corrected chi connectivity index (χ4v) is 1.73. The van der Waals surface area contributed by atoms with Gasteiger partial charge < -0.3 is 15.1 Å². The molecule has 0 unspecified atom stereocenters. The van der Waals surface area contributed by atoms with Gasteiger partial charge in [0.25, 0.3) is 5.91 Å². The van der Waals surface area contributed by atoms with E-state index in [-0.39, 0.29) is 18.0 Å². The molecule has 0 saturated carbocycles. The Morgan fingerprint density at radius 3 is 2.26 bits per heavy atom. The first kappa shape index (κ1) is 16.6. The zero-order valence-electron chi connectivity index (χ0n) is 12.0. The molecule has 0 spiro atoms. The molecule has 0 fully saturated rings. The molecule has 1 aromatic carbocycles. The minimum absolute atomic E-state index is 0.0176. The van der Waals surface area contributed by atoms with Crippen LogP contribution in [-0.2, 0) is 11.3 Å². The summed E-state index contributed by atoms with van der Waals surface area (Å²) in [5, 5.41) is 4.35. The highest BCUT2D eigenvalue weighted by Gasteiger charge is 2.38. The first-order valence-electron chi connectivity index (χ1n) is 6.57. The third-order valence-electron chi connectivity index (χ3n) is 2.89. The number of furan rings is 1. The van der Waals surface area contributed by atoms with Crippen LogP contribution in [0, 0.1) is 6.92 Å². The van der Waals surface area contributed by atoms with E-state index in [1.165, 1.54) is 24.3 Å². The number of hydrogen-bond donors (Lipinski definition) is 2. The molecule has 2 N–H and O–H groups in total. The van der Waals surface area contributed by atoms with E-state index in [1.54, 1.807) is 24.4 Å². The van der Waals surface area contributed by atoms with Crippen molar-refractivity contribution in [2.45, 2.75) is 19.6 Å². The zero-order valence-corrected chi connectivity index (χ0v) is 12.0. The van der Waals surface area contributed by atoms with Crippen molar-refractivity contribution in [3.63, 3.8) is 0 Å². The Morgan fingerprint density at radius 1 is 1.09 bits per heavy atom. The van der Waals surface area contributed by atoms with Gasteiger partial charge in [0.1, 0.15) is 5.76 Å². The molecular formula is C15H13F3N2O3. The maximum absolute atomic E-state index is 12.1. The van der Waals surface area contributed by atoms with Gasteiger partial charge in [-0.1, -0.05) is 12.1 Å². The van der Waals surface area contributed by atoms with E-state index in [4.69, 9.17) is 4.42 Å². The van der Waals surface area contributed by atoms with Crippen LogP contribution in [0.25, 0.3) is 0 Å². The molecule has 23 heavy (non-hydrogen) atoms. The lowest BCUT2D eigenvalue weighted by molar-refractivity contribution is -0.167. The van der Waals surface area contributed by atoms with Crippen LogP contribution in [0.3, 0.4) is 0 Å². The van der Waals surface area contributed by atoms with Crippen LogP contribution in [0.15, 0.2) is 40.8 Å². The van der Waals surface area contributed by atoms with Gasteiger partial charge in [-0.05, 0) is 36.8 Å². The van der Waals surface area contributed by atoms with Crippen molar-refractivity contribution >= 4 is 17.5 Å². The molecule has 0 bridgehead atoms. The summed E-state index contributed by atoms with van der Waals surface area (Å²) in [5.74, 6) is -1.64. The normalized spacial score (nSPS) is 11.1. The highest BCUT2D eigenvalue weighted by Crippen LogP contribution is 2.18. The third-order valence-corrected chi connectivity index (χ3v) is 2.89. The number of carbonyl (C=O) groups excluding carboxylic acids is 2. The predicted molar refractivity (Wildman–Crippen MR) is 75.7 cm³/mol. The number of carbonyl (C=O) groups is 2. The van der Waals surface area contributed by atoms with E-state index >= 15 is 0 Å². The minimum Gasteiger partial charge on any atom is -0.456 e. The van der Waals surface area contributed by atoms with E-state index < -0.39 is 18.0 Å². The van der Waals surface area contributed by atoms with Gasteiger partial charge >= 0.3 is 12.1 Å². The molecule has 2 aromatic rings. The van der Waals surface area contributed by atoms with Crippen molar-refractivity contribution in [1.82, 2.24) is 5.32 Å². The van der Waals surface area contributed by atoms with Gasteiger partial charge in [-0.25, -0.2) is 0 Å². The first-order chi connectivity index (χ1) is 10.8. The van der Waals surface area contributed by atoms with Crippen LogP contribution in [0.2, 0.25) is 0 Å². The lowest BCUT2D eigenvalue weighted by Gasteiger charge is -2.09. The summed E-state index contributed by atoms with van der Waals surface area (Å²) in [6.07, 6.45) is -4.94. The summed E-state index contributed by atoms with van der Waals surface area (Å²) in [4.78, 5) is 22.6. The molecule has 2 amide bonds. The number of hydrogen-bond acceptors (Lipinski definition) is 3. The van der Waals surface area contributed by atoms with Crippen LogP contribution in [-0.4, -0.2) is 18.0 Å². The third kappa shape index (κ3) is 4.60. The van der Waals surface area contributed by atoms with Crippen molar-refractivity contribution in [2.75, 3.05) is 5.32 Å². The first-order valence-corrected chi connectivity index (χ1v) is 6.57. The van der Waals surface area contributed by atoms with E-state index in [2.05, 4.69) is 5.32 Å². The lowest BCUT2D eigenvalue weighted by Crippen LogP contribution is -2.29. The SMILES string of the molecule is Cc1ccc(C(=O)NCc2ccc(NC(=O)C(F)(F)F)cc2)o1. The second-order valence-electron chi connectivity index (χ2n) is 4.74. The summed E-state index contributed by atoms with van der Waals surface area (Å²) >= 11 is 0. The Morgan fingerprint density at radius 2 is 1.74 bits per heavy atom. The quantitative estimate of drug-likeness (QED) is 0.907. The van der Waals surface area contributed by atoms with E-state index in [0.29, 0.717) is 11.3 Å². The van der Waals surface area contributed by atoms with Gasteiger partial charge in [-0.15, -0.1) is 0 Å². The maximum Gasteiger partial charge on any atom is 0.471 e. The molecule has 5 nitrogen and oxygen atoms in total. The van der Waals surface area contributed by atoms with Gasteiger partial charge in [-0.2, -0.15) is 13.2 Å². The molecule has 0 radical (unpaired) electrons. The number of aryl methyl sites for hydroxylation is 1. The molecule has 1 heterocycles. The van der Waals surface area contributed by atoms with E-state index in [1.807, 2.05) is 0 Å². The molecular weight excluding hydrogens is 313 g/mol. The van der Waals surface area contributed by atoms with Crippen molar-refractivity contribution in [1.29, 1.82) is 0 Å². The summed E-state index contributed by atoms with van der Waals surface area (Å²) in [6.45, 7) is 1.89. The Hall–Kier alpha value is -2.77. The number of anilines is 1. The Kier molecular flexibility index (Phi) is 4.73. The molecule has 0 aliphatic rings. The molecule has 8 heteroatoms. The molecule has 0 saturated heterocycles.